The van der Waals surface area contributed by atoms with Gasteiger partial charge in [-0.15, -0.1) is 0 Å². The predicted octanol–water partition coefficient (Wildman–Crippen LogP) is 2.97. The van der Waals surface area contributed by atoms with E-state index in [1.807, 2.05) is 13.2 Å². The van der Waals surface area contributed by atoms with Gasteiger partial charge >= 0.3 is 0 Å². The molecule has 6 heteroatoms. The van der Waals surface area contributed by atoms with E-state index in [9.17, 15) is 14.0 Å². The van der Waals surface area contributed by atoms with Crippen molar-refractivity contribution in [2.45, 2.75) is 13.5 Å². The SMILES string of the molecule is CSC[C@@H](C)C(=O)Nc1cccn(Cc2ccc(F)cc2)c1=O. The van der Waals surface area contributed by atoms with Crippen molar-refractivity contribution >= 4 is 23.4 Å². The van der Waals surface area contributed by atoms with Gasteiger partial charge in [-0.1, -0.05) is 19.1 Å². The van der Waals surface area contributed by atoms with Crippen LogP contribution in [0.1, 0.15) is 12.5 Å². The van der Waals surface area contributed by atoms with Gasteiger partial charge in [0, 0.05) is 17.9 Å². The van der Waals surface area contributed by atoms with Crippen molar-refractivity contribution in [2.75, 3.05) is 17.3 Å². The molecule has 0 radical (unpaired) electrons. The van der Waals surface area contributed by atoms with Gasteiger partial charge in [0.05, 0.1) is 6.54 Å². The normalized spacial score (nSPS) is 12.0. The molecular weight excluding hydrogens is 315 g/mol. The first-order valence-corrected chi connectivity index (χ1v) is 8.64. The lowest BCUT2D eigenvalue weighted by Gasteiger charge is -2.12. The molecule has 23 heavy (non-hydrogen) atoms. The lowest BCUT2D eigenvalue weighted by molar-refractivity contribution is -0.118. The molecule has 0 aliphatic rings. The minimum Gasteiger partial charge on any atom is -0.321 e. The van der Waals surface area contributed by atoms with Crippen LogP contribution in [0, 0.1) is 11.7 Å². The van der Waals surface area contributed by atoms with Crippen molar-refractivity contribution in [3.05, 3.63) is 64.3 Å². The molecular formula is C17H19FN2O2S. The van der Waals surface area contributed by atoms with Crippen molar-refractivity contribution < 1.29 is 9.18 Å². The van der Waals surface area contributed by atoms with Crippen LogP contribution in [0.4, 0.5) is 10.1 Å². The first-order valence-electron chi connectivity index (χ1n) is 7.25. The Balaban J connectivity index is 2.16. The zero-order chi connectivity index (χ0) is 16.8. The third kappa shape index (κ3) is 4.69. The highest BCUT2D eigenvalue weighted by Gasteiger charge is 2.14. The number of aromatic nitrogens is 1. The molecule has 0 aliphatic heterocycles. The highest BCUT2D eigenvalue weighted by molar-refractivity contribution is 7.98. The molecule has 2 rings (SSSR count). The van der Waals surface area contributed by atoms with Crippen molar-refractivity contribution in [3.8, 4) is 0 Å². The number of benzene rings is 1. The van der Waals surface area contributed by atoms with Crippen LogP contribution in [0.15, 0.2) is 47.4 Å². The topological polar surface area (TPSA) is 51.1 Å². The maximum atomic E-state index is 12.9. The van der Waals surface area contributed by atoms with E-state index in [4.69, 9.17) is 0 Å². The van der Waals surface area contributed by atoms with Gasteiger partial charge in [0.15, 0.2) is 0 Å². The highest BCUT2D eigenvalue weighted by Crippen LogP contribution is 2.09. The number of nitrogens with zero attached hydrogens (tertiary/aromatic N) is 1. The zero-order valence-electron chi connectivity index (χ0n) is 13.1. The quantitative estimate of drug-likeness (QED) is 0.883. The standard InChI is InChI=1S/C17H19FN2O2S/c1-12(11-23-2)16(21)19-15-4-3-9-20(17(15)22)10-13-5-7-14(18)8-6-13/h3-9,12H,10-11H2,1-2H3,(H,19,21)/t12-/m1/s1. The number of nitrogens with one attached hydrogen (secondary N) is 1. The van der Waals surface area contributed by atoms with E-state index >= 15 is 0 Å². The Labute approximate surface area is 138 Å². The Morgan fingerprint density at radius 3 is 2.65 bits per heavy atom. The van der Waals surface area contributed by atoms with Gasteiger partial charge in [-0.3, -0.25) is 9.59 Å². The van der Waals surface area contributed by atoms with E-state index in [1.54, 1.807) is 42.2 Å². The third-order valence-electron chi connectivity index (χ3n) is 3.41. The molecule has 2 aromatic rings. The molecule has 1 heterocycles. The Bertz CT molecular complexity index is 728. The number of hydrogen-bond acceptors (Lipinski definition) is 3. The van der Waals surface area contributed by atoms with Crippen LogP contribution < -0.4 is 10.9 Å². The fourth-order valence-electron chi connectivity index (χ4n) is 2.12. The zero-order valence-corrected chi connectivity index (χ0v) is 13.9. The Morgan fingerprint density at radius 1 is 1.30 bits per heavy atom. The lowest BCUT2D eigenvalue weighted by atomic mass is 10.2. The average Bonchev–Trinajstić information content (AvgIpc) is 2.53. The first kappa shape index (κ1) is 17.3. The van der Waals surface area contributed by atoms with Crippen LogP contribution in [0.25, 0.3) is 0 Å². The number of carbonyl (C=O) groups excluding carboxylic acids is 1. The van der Waals surface area contributed by atoms with Gasteiger partial charge in [0.2, 0.25) is 5.91 Å². The monoisotopic (exact) mass is 334 g/mol. The Kier molecular flexibility index (Phi) is 5.98. The van der Waals surface area contributed by atoms with Gasteiger partial charge in [0.25, 0.3) is 5.56 Å². The van der Waals surface area contributed by atoms with Gasteiger partial charge in [-0.2, -0.15) is 11.8 Å². The predicted molar refractivity (Wildman–Crippen MR) is 92.4 cm³/mol. The summed E-state index contributed by atoms with van der Waals surface area (Å²) in [6, 6.07) is 9.28. The summed E-state index contributed by atoms with van der Waals surface area (Å²) in [7, 11) is 0. The molecule has 0 unspecified atom stereocenters. The van der Waals surface area contributed by atoms with Crippen molar-refractivity contribution in [1.82, 2.24) is 4.57 Å². The second-order valence-corrected chi connectivity index (χ2v) is 6.24. The summed E-state index contributed by atoms with van der Waals surface area (Å²) in [5, 5.41) is 2.68. The summed E-state index contributed by atoms with van der Waals surface area (Å²) in [5.74, 6) is 0.0404. The molecule has 0 aliphatic carbocycles. The van der Waals surface area contributed by atoms with Crippen molar-refractivity contribution in [2.24, 2.45) is 5.92 Å². The van der Waals surface area contributed by atoms with E-state index in [1.165, 1.54) is 16.7 Å². The molecule has 0 saturated carbocycles. The van der Waals surface area contributed by atoms with Crippen LogP contribution in [0.5, 0.6) is 0 Å². The van der Waals surface area contributed by atoms with Crippen LogP contribution in [0.3, 0.4) is 0 Å². The van der Waals surface area contributed by atoms with Gasteiger partial charge < -0.3 is 9.88 Å². The number of rotatable bonds is 6. The molecule has 0 fully saturated rings. The van der Waals surface area contributed by atoms with Crippen molar-refractivity contribution in [1.29, 1.82) is 0 Å². The molecule has 0 bridgehead atoms. The first-order chi connectivity index (χ1) is 11.0. The van der Waals surface area contributed by atoms with Gasteiger partial charge in [0.1, 0.15) is 11.5 Å². The van der Waals surface area contributed by atoms with Crippen LogP contribution in [-0.4, -0.2) is 22.5 Å². The van der Waals surface area contributed by atoms with Crippen molar-refractivity contribution in [3.63, 3.8) is 0 Å². The lowest BCUT2D eigenvalue weighted by Crippen LogP contribution is -2.29. The summed E-state index contributed by atoms with van der Waals surface area (Å²) in [5.41, 5.74) is 0.793. The fraction of sp³-hybridized carbons (Fsp3) is 0.294. The molecule has 122 valence electrons. The van der Waals surface area contributed by atoms with Crippen LogP contribution >= 0.6 is 11.8 Å². The maximum absolute atomic E-state index is 12.9. The second-order valence-electron chi connectivity index (χ2n) is 5.33. The smallest absolute Gasteiger partial charge is 0.274 e. The van der Waals surface area contributed by atoms with E-state index in [0.29, 0.717) is 12.3 Å². The minimum absolute atomic E-state index is 0.170. The molecule has 1 aromatic heterocycles. The van der Waals surface area contributed by atoms with Gasteiger partial charge in [-0.25, -0.2) is 4.39 Å². The molecule has 0 saturated heterocycles. The molecule has 1 atom stereocenters. The van der Waals surface area contributed by atoms with Crippen LogP contribution in [0.2, 0.25) is 0 Å². The number of carbonyl (C=O) groups is 1. The summed E-state index contributed by atoms with van der Waals surface area (Å²) in [6.07, 6.45) is 3.58. The number of thioether (sulfide) groups is 1. The highest BCUT2D eigenvalue weighted by atomic mass is 32.2. The number of halogens is 1. The summed E-state index contributed by atoms with van der Waals surface area (Å²) in [4.78, 5) is 24.5. The largest absolute Gasteiger partial charge is 0.321 e. The summed E-state index contributed by atoms with van der Waals surface area (Å²) >= 11 is 1.58. The fourth-order valence-corrected chi connectivity index (χ4v) is 2.78. The van der Waals surface area contributed by atoms with Crippen LogP contribution in [-0.2, 0) is 11.3 Å². The van der Waals surface area contributed by atoms with E-state index < -0.39 is 0 Å². The molecule has 1 aromatic carbocycles. The number of amides is 1. The molecule has 0 spiro atoms. The molecule has 1 amide bonds. The minimum atomic E-state index is -0.315. The maximum Gasteiger partial charge on any atom is 0.274 e. The summed E-state index contributed by atoms with van der Waals surface area (Å²) in [6.45, 7) is 2.15. The average molecular weight is 334 g/mol. The van der Waals surface area contributed by atoms with E-state index in [2.05, 4.69) is 5.32 Å². The molecule has 4 nitrogen and oxygen atoms in total. The number of hydrogen-bond donors (Lipinski definition) is 1. The molecule has 1 N–H and O–H groups in total. The summed E-state index contributed by atoms with van der Waals surface area (Å²) < 4.78 is 14.4. The van der Waals surface area contributed by atoms with Gasteiger partial charge in [-0.05, 0) is 36.1 Å². The number of anilines is 1. The van der Waals surface area contributed by atoms with E-state index in [-0.39, 0.29) is 28.9 Å². The Morgan fingerprint density at radius 2 is 2.00 bits per heavy atom. The second kappa shape index (κ2) is 7.97. The Hall–Kier alpha value is -2.08. The third-order valence-corrected chi connectivity index (χ3v) is 4.24. The van der Waals surface area contributed by atoms with E-state index in [0.717, 1.165) is 5.56 Å². The number of pyridine rings is 1.